The quantitative estimate of drug-likeness (QED) is 0.521. The van der Waals surface area contributed by atoms with Gasteiger partial charge in [-0.25, -0.2) is 13.2 Å². The number of sulfonamides is 1. The van der Waals surface area contributed by atoms with Crippen molar-refractivity contribution < 1.29 is 27.5 Å². The molecule has 1 N–H and O–H groups in total. The fraction of sp³-hybridized carbons (Fsp3) is 0.600. The molecule has 1 fully saturated rings. The first-order valence-corrected chi connectivity index (χ1v) is 9.30. The van der Waals surface area contributed by atoms with Gasteiger partial charge < -0.3 is 19.4 Å². The van der Waals surface area contributed by atoms with E-state index in [1.165, 1.54) is 35.4 Å². The lowest BCUT2D eigenvalue weighted by atomic mass is 10.2. The number of rotatable bonds is 7. The molecule has 10 heteroatoms. The average Bonchev–Trinajstić information content (AvgIpc) is 3.21. The van der Waals surface area contributed by atoms with Crippen LogP contribution in [0.2, 0.25) is 0 Å². The number of esters is 1. The highest BCUT2D eigenvalue weighted by atomic mass is 32.2. The van der Waals surface area contributed by atoms with Gasteiger partial charge >= 0.3 is 5.97 Å². The number of ether oxygens (including phenoxy) is 2. The fourth-order valence-corrected chi connectivity index (χ4v) is 4.53. The third kappa shape index (κ3) is 4.02. The normalized spacial score (nSPS) is 18.3. The third-order valence-electron chi connectivity index (χ3n) is 4.09. The van der Waals surface area contributed by atoms with E-state index in [1.54, 1.807) is 7.05 Å². The Bertz CT molecular complexity index is 742. The summed E-state index contributed by atoms with van der Waals surface area (Å²) in [5, 5.41) is 2.67. The summed E-state index contributed by atoms with van der Waals surface area (Å²) in [6.07, 6.45) is 2.40. The first-order chi connectivity index (χ1) is 11.8. The SMILES string of the molecule is COCCNC(=O)C1CCCN1S(=O)(=O)c1cc(C(=O)OC)n(C)c1. The summed E-state index contributed by atoms with van der Waals surface area (Å²) in [6.45, 7) is 0.928. The van der Waals surface area contributed by atoms with Gasteiger partial charge in [-0.15, -0.1) is 0 Å². The Morgan fingerprint density at radius 2 is 2.08 bits per heavy atom. The van der Waals surface area contributed by atoms with E-state index in [0.717, 1.165) is 0 Å². The summed E-state index contributed by atoms with van der Waals surface area (Å²) < 4.78 is 37.9. The lowest BCUT2D eigenvalue weighted by Crippen LogP contribution is -2.46. The Kier molecular flexibility index (Phi) is 6.20. The molecule has 140 valence electrons. The zero-order chi connectivity index (χ0) is 18.6. The molecule has 2 heterocycles. The Morgan fingerprint density at radius 3 is 2.72 bits per heavy atom. The number of aromatic nitrogens is 1. The number of hydrogen-bond donors (Lipinski definition) is 1. The molecule has 0 aromatic carbocycles. The molecular weight excluding hydrogens is 350 g/mol. The highest BCUT2D eigenvalue weighted by molar-refractivity contribution is 7.89. The van der Waals surface area contributed by atoms with Crippen molar-refractivity contribution in [3.05, 3.63) is 18.0 Å². The van der Waals surface area contributed by atoms with Crippen LogP contribution in [0.5, 0.6) is 0 Å². The first-order valence-electron chi connectivity index (χ1n) is 7.86. The monoisotopic (exact) mass is 373 g/mol. The fourth-order valence-electron chi connectivity index (χ4n) is 2.80. The van der Waals surface area contributed by atoms with Crippen molar-refractivity contribution in [1.29, 1.82) is 0 Å². The van der Waals surface area contributed by atoms with Crippen LogP contribution in [0.4, 0.5) is 0 Å². The van der Waals surface area contributed by atoms with Gasteiger partial charge in [0.15, 0.2) is 0 Å². The van der Waals surface area contributed by atoms with Crippen molar-refractivity contribution in [2.45, 2.75) is 23.8 Å². The molecule has 0 saturated carbocycles. The molecule has 25 heavy (non-hydrogen) atoms. The number of nitrogens with zero attached hydrogens (tertiary/aromatic N) is 2. The molecule has 1 atom stereocenters. The predicted octanol–water partition coefficient (Wildman–Crippen LogP) is -0.273. The van der Waals surface area contributed by atoms with Gasteiger partial charge in [-0.05, 0) is 18.9 Å². The summed E-state index contributed by atoms with van der Waals surface area (Å²) in [6, 6.07) is 0.503. The molecule has 1 unspecified atom stereocenters. The van der Waals surface area contributed by atoms with Gasteiger partial charge in [0.05, 0.1) is 13.7 Å². The Morgan fingerprint density at radius 1 is 1.36 bits per heavy atom. The zero-order valence-electron chi connectivity index (χ0n) is 14.5. The van der Waals surface area contributed by atoms with Crippen LogP contribution in [0.1, 0.15) is 23.3 Å². The number of carbonyl (C=O) groups is 2. The smallest absolute Gasteiger partial charge is 0.354 e. The molecule has 1 amide bonds. The Balaban J connectivity index is 2.23. The van der Waals surface area contributed by atoms with Crippen molar-refractivity contribution in [2.24, 2.45) is 7.05 Å². The molecule has 9 nitrogen and oxygen atoms in total. The van der Waals surface area contributed by atoms with Crippen LogP contribution < -0.4 is 5.32 Å². The number of amides is 1. The maximum absolute atomic E-state index is 12.9. The van der Waals surface area contributed by atoms with E-state index >= 15 is 0 Å². The summed E-state index contributed by atoms with van der Waals surface area (Å²) in [4.78, 5) is 23.9. The summed E-state index contributed by atoms with van der Waals surface area (Å²) in [5.74, 6) is -0.971. The van der Waals surface area contributed by atoms with Crippen LogP contribution in [-0.2, 0) is 31.3 Å². The van der Waals surface area contributed by atoms with E-state index in [0.29, 0.717) is 26.0 Å². The largest absolute Gasteiger partial charge is 0.464 e. The van der Waals surface area contributed by atoms with Gasteiger partial charge in [0.25, 0.3) is 0 Å². The predicted molar refractivity (Wildman–Crippen MR) is 88.6 cm³/mol. The van der Waals surface area contributed by atoms with E-state index < -0.39 is 22.0 Å². The maximum atomic E-state index is 12.9. The lowest BCUT2D eigenvalue weighted by Gasteiger charge is -2.22. The third-order valence-corrected chi connectivity index (χ3v) is 5.97. The van der Waals surface area contributed by atoms with Gasteiger partial charge in [0, 0.05) is 33.4 Å². The molecule has 2 rings (SSSR count). The zero-order valence-corrected chi connectivity index (χ0v) is 15.3. The van der Waals surface area contributed by atoms with Crippen LogP contribution in [-0.4, -0.2) is 69.1 Å². The minimum atomic E-state index is -3.89. The van der Waals surface area contributed by atoms with E-state index in [4.69, 9.17) is 4.74 Å². The molecule has 1 aromatic heterocycles. The summed E-state index contributed by atoms with van der Waals surface area (Å²) >= 11 is 0. The van der Waals surface area contributed by atoms with E-state index in [-0.39, 0.29) is 23.0 Å². The summed E-state index contributed by atoms with van der Waals surface area (Å²) in [7, 11) is 0.413. The van der Waals surface area contributed by atoms with Crippen LogP contribution in [0.25, 0.3) is 0 Å². The number of methoxy groups -OCH3 is 2. The van der Waals surface area contributed by atoms with Crippen molar-refractivity contribution in [2.75, 3.05) is 33.9 Å². The van der Waals surface area contributed by atoms with Gasteiger partial charge in [-0.2, -0.15) is 4.31 Å². The molecule has 0 radical (unpaired) electrons. The molecule has 1 aliphatic heterocycles. The minimum Gasteiger partial charge on any atom is -0.464 e. The molecule has 0 bridgehead atoms. The molecule has 1 saturated heterocycles. The van der Waals surface area contributed by atoms with Crippen LogP contribution in [0, 0.1) is 0 Å². The maximum Gasteiger partial charge on any atom is 0.354 e. The van der Waals surface area contributed by atoms with E-state index in [2.05, 4.69) is 10.1 Å². The molecule has 0 aliphatic carbocycles. The second-order valence-corrected chi connectivity index (χ2v) is 7.61. The molecule has 1 aromatic rings. The van der Waals surface area contributed by atoms with Crippen molar-refractivity contribution in [3.8, 4) is 0 Å². The van der Waals surface area contributed by atoms with Gasteiger partial charge in [-0.3, -0.25) is 4.79 Å². The van der Waals surface area contributed by atoms with Crippen LogP contribution in [0.3, 0.4) is 0 Å². The van der Waals surface area contributed by atoms with E-state index in [1.807, 2.05) is 0 Å². The Hall–Kier alpha value is -1.91. The topological polar surface area (TPSA) is 107 Å². The molecule has 1 aliphatic rings. The van der Waals surface area contributed by atoms with Crippen molar-refractivity contribution >= 4 is 21.9 Å². The standard InChI is InChI=1S/C15H23N3O6S/c1-17-10-11(9-13(17)15(20)24-3)25(21,22)18-7-4-5-12(18)14(19)16-6-8-23-2/h9-10,12H,4-8H2,1-3H3,(H,16,19). The van der Waals surface area contributed by atoms with Crippen LogP contribution in [0.15, 0.2) is 17.2 Å². The van der Waals surface area contributed by atoms with Crippen molar-refractivity contribution in [1.82, 2.24) is 14.2 Å². The number of nitrogens with one attached hydrogen (secondary N) is 1. The molecule has 0 spiro atoms. The minimum absolute atomic E-state index is 0.0352. The lowest BCUT2D eigenvalue weighted by molar-refractivity contribution is -0.124. The number of aryl methyl sites for hydroxylation is 1. The number of carbonyl (C=O) groups excluding carboxylic acids is 2. The van der Waals surface area contributed by atoms with Gasteiger partial charge in [0.1, 0.15) is 16.6 Å². The average molecular weight is 373 g/mol. The second kappa shape index (κ2) is 7.98. The highest BCUT2D eigenvalue weighted by Crippen LogP contribution is 2.27. The van der Waals surface area contributed by atoms with Crippen LogP contribution >= 0.6 is 0 Å². The second-order valence-electron chi connectivity index (χ2n) is 5.72. The first kappa shape index (κ1) is 19.4. The van der Waals surface area contributed by atoms with Crippen molar-refractivity contribution in [3.63, 3.8) is 0 Å². The summed E-state index contributed by atoms with van der Waals surface area (Å²) in [5.41, 5.74) is 0.126. The van der Waals surface area contributed by atoms with E-state index in [9.17, 15) is 18.0 Å². The Labute approximate surface area is 146 Å². The van der Waals surface area contributed by atoms with Gasteiger partial charge in [0.2, 0.25) is 15.9 Å². The number of hydrogen-bond acceptors (Lipinski definition) is 6. The highest BCUT2D eigenvalue weighted by Gasteiger charge is 2.40. The van der Waals surface area contributed by atoms with Gasteiger partial charge in [-0.1, -0.05) is 0 Å². The molecular formula is C15H23N3O6S.